The van der Waals surface area contributed by atoms with E-state index in [-0.39, 0.29) is 0 Å². The van der Waals surface area contributed by atoms with Gasteiger partial charge in [0.15, 0.2) is 0 Å². The maximum absolute atomic E-state index is 2.40. The zero-order valence-corrected chi connectivity index (χ0v) is 23.7. The molecule has 0 N–H and O–H groups in total. The lowest BCUT2D eigenvalue weighted by atomic mass is 10.0. The van der Waals surface area contributed by atoms with Gasteiger partial charge in [0.2, 0.25) is 6.33 Å². The average Bonchev–Trinajstić information content (AvgIpc) is 3.30. The SMILES string of the molecule is CCCCCCCCCCCCCCCCC[n+]1ccn(CCCCCCCCCCCC)c1. The Morgan fingerprint density at radius 2 is 0.794 bits per heavy atom. The Labute approximate surface area is 215 Å². The van der Waals surface area contributed by atoms with Gasteiger partial charge in [-0.05, 0) is 25.7 Å². The van der Waals surface area contributed by atoms with Crippen molar-refractivity contribution in [2.24, 2.45) is 0 Å². The third kappa shape index (κ3) is 20.6. The number of nitrogens with zero attached hydrogens (tertiary/aromatic N) is 2. The minimum absolute atomic E-state index is 1.20. The summed E-state index contributed by atoms with van der Waals surface area (Å²) in [6, 6.07) is 0. The van der Waals surface area contributed by atoms with Gasteiger partial charge in [-0.25, -0.2) is 9.13 Å². The smallest absolute Gasteiger partial charge is 0.237 e. The third-order valence-corrected chi connectivity index (χ3v) is 7.54. The molecule has 2 heteroatoms. The molecule has 0 aliphatic carbocycles. The monoisotopic (exact) mass is 475 g/mol. The van der Waals surface area contributed by atoms with Crippen LogP contribution < -0.4 is 4.57 Å². The lowest BCUT2D eigenvalue weighted by Gasteiger charge is -2.03. The van der Waals surface area contributed by atoms with Crippen LogP contribution in [0, 0.1) is 0 Å². The fourth-order valence-electron chi connectivity index (χ4n) is 5.15. The topological polar surface area (TPSA) is 8.81 Å². The van der Waals surface area contributed by atoms with Crippen LogP contribution in [-0.4, -0.2) is 4.57 Å². The van der Waals surface area contributed by atoms with Gasteiger partial charge in [-0.3, -0.25) is 0 Å². The van der Waals surface area contributed by atoms with Crippen molar-refractivity contribution in [3.63, 3.8) is 0 Å². The Hall–Kier alpha value is -0.790. The Balaban J connectivity index is 1.82. The highest BCUT2D eigenvalue weighted by molar-refractivity contribution is 4.66. The van der Waals surface area contributed by atoms with Gasteiger partial charge < -0.3 is 0 Å². The molecular weight excluding hydrogens is 412 g/mol. The highest BCUT2D eigenvalue weighted by atomic mass is 15.1. The van der Waals surface area contributed by atoms with E-state index >= 15 is 0 Å². The summed E-state index contributed by atoms with van der Waals surface area (Å²) in [5, 5.41) is 0. The molecule has 0 fully saturated rings. The minimum atomic E-state index is 1.20. The van der Waals surface area contributed by atoms with E-state index in [0.29, 0.717) is 0 Å². The van der Waals surface area contributed by atoms with Crippen molar-refractivity contribution >= 4 is 0 Å². The maximum atomic E-state index is 2.40. The molecule has 34 heavy (non-hydrogen) atoms. The van der Waals surface area contributed by atoms with Gasteiger partial charge in [0.25, 0.3) is 0 Å². The van der Waals surface area contributed by atoms with E-state index in [1.54, 1.807) is 0 Å². The first-order valence-corrected chi connectivity index (χ1v) is 15.9. The van der Waals surface area contributed by atoms with E-state index in [9.17, 15) is 0 Å². The lowest BCUT2D eigenvalue weighted by molar-refractivity contribution is -0.696. The number of unbranched alkanes of at least 4 members (excludes halogenated alkanes) is 23. The molecular formula is C32H63N2+. The number of imidazole rings is 1. The van der Waals surface area contributed by atoms with Crippen LogP contribution in [0.2, 0.25) is 0 Å². The molecule has 0 atom stereocenters. The van der Waals surface area contributed by atoms with Crippen molar-refractivity contribution < 1.29 is 4.57 Å². The Bertz CT molecular complexity index is 507. The summed E-state index contributed by atoms with van der Waals surface area (Å²) in [6.45, 7) is 7.00. The first-order chi connectivity index (χ1) is 16.9. The normalized spacial score (nSPS) is 11.5. The van der Waals surface area contributed by atoms with Crippen molar-refractivity contribution in [2.75, 3.05) is 0 Å². The van der Waals surface area contributed by atoms with E-state index in [1.807, 2.05) is 0 Å². The molecule has 0 amide bonds. The molecule has 2 nitrogen and oxygen atoms in total. The van der Waals surface area contributed by atoms with Gasteiger partial charge in [-0.1, -0.05) is 149 Å². The number of aryl methyl sites for hydroxylation is 2. The van der Waals surface area contributed by atoms with Gasteiger partial charge in [-0.15, -0.1) is 0 Å². The Morgan fingerprint density at radius 3 is 1.21 bits per heavy atom. The number of rotatable bonds is 27. The van der Waals surface area contributed by atoms with Crippen LogP contribution in [0.1, 0.15) is 174 Å². The first kappa shape index (κ1) is 31.2. The molecule has 0 aromatic carbocycles. The second kappa shape index (κ2) is 25.3. The van der Waals surface area contributed by atoms with Crippen molar-refractivity contribution in [1.29, 1.82) is 0 Å². The van der Waals surface area contributed by atoms with Crippen molar-refractivity contribution in [3.05, 3.63) is 18.7 Å². The molecule has 0 bridgehead atoms. The predicted molar refractivity (Wildman–Crippen MR) is 151 cm³/mol. The summed E-state index contributed by atoms with van der Waals surface area (Å²) in [4.78, 5) is 0. The molecule has 1 aromatic rings. The summed E-state index contributed by atoms with van der Waals surface area (Å²) in [7, 11) is 0. The number of hydrogen-bond donors (Lipinski definition) is 0. The standard InChI is InChI=1S/C32H63N2/c1-3-5-7-9-11-13-15-16-17-18-19-21-23-25-27-29-34-31-30-33(32-34)28-26-24-22-20-14-12-10-8-6-4-2/h30-32H,3-29H2,1-2H3/q+1. The average molecular weight is 476 g/mol. The molecule has 0 unspecified atom stereocenters. The van der Waals surface area contributed by atoms with Gasteiger partial charge in [0.1, 0.15) is 12.4 Å². The molecule has 1 aromatic heterocycles. The largest absolute Gasteiger partial charge is 0.243 e. The maximum Gasteiger partial charge on any atom is 0.243 e. The Morgan fingerprint density at radius 1 is 0.441 bits per heavy atom. The second-order valence-corrected chi connectivity index (χ2v) is 11.0. The van der Waals surface area contributed by atoms with Gasteiger partial charge in [0.05, 0.1) is 13.1 Å². The molecule has 200 valence electrons. The van der Waals surface area contributed by atoms with E-state index in [1.165, 1.54) is 174 Å². The fourth-order valence-corrected chi connectivity index (χ4v) is 5.15. The van der Waals surface area contributed by atoms with Crippen molar-refractivity contribution in [2.45, 2.75) is 187 Å². The summed E-state index contributed by atoms with van der Waals surface area (Å²) in [6.07, 6.45) is 42.7. The minimum Gasteiger partial charge on any atom is -0.237 e. The molecule has 0 aliphatic heterocycles. The van der Waals surface area contributed by atoms with Gasteiger partial charge in [0, 0.05) is 0 Å². The number of hydrogen-bond acceptors (Lipinski definition) is 0. The molecule has 0 spiro atoms. The first-order valence-electron chi connectivity index (χ1n) is 15.9. The van der Waals surface area contributed by atoms with Crippen LogP contribution in [0.3, 0.4) is 0 Å². The van der Waals surface area contributed by atoms with Crippen LogP contribution in [-0.2, 0) is 13.1 Å². The zero-order chi connectivity index (χ0) is 24.4. The fraction of sp³-hybridized carbons (Fsp3) is 0.906. The van der Waals surface area contributed by atoms with Crippen LogP contribution in [0.15, 0.2) is 18.7 Å². The molecule has 0 radical (unpaired) electrons. The van der Waals surface area contributed by atoms with E-state index < -0.39 is 0 Å². The van der Waals surface area contributed by atoms with Gasteiger partial charge >= 0.3 is 0 Å². The Kier molecular flexibility index (Phi) is 23.3. The van der Waals surface area contributed by atoms with Crippen LogP contribution in [0.4, 0.5) is 0 Å². The quantitative estimate of drug-likeness (QED) is 0.0883. The molecule has 1 rings (SSSR count). The highest BCUT2D eigenvalue weighted by Gasteiger charge is 2.03. The lowest BCUT2D eigenvalue weighted by Crippen LogP contribution is -2.30. The third-order valence-electron chi connectivity index (χ3n) is 7.54. The van der Waals surface area contributed by atoms with Crippen LogP contribution in [0.25, 0.3) is 0 Å². The van der Waals surface area contributed by atoms with E-state index in [2.05, 4.69) is 41.7 Å². The second-order valence-electron chi connectivity index (χ2n) is 11.0. The van der Waals surface area contributed by atoms with Gasteiger partial charge in [-0.2, -0.15) is 0 Å². The van der Waals surface area contributed by atoms with E-state index in [4.69, 9.17) is 0 Å². The zero-order valence-electron chi connectivity index (χ0n) is 23.7. The number of aromatic nitrogens is 2. The molecule has 0 aliphatic rings. The summed E-state index contributed by atoms with van der Waals surface area (Å²) >= 11 is 0. The van der Waals surface area contributed by atoms with E-state index in [0.717, 1.165) is 0 Å². The van der Waals surface area contributed by atoms with Crippen LogP contribution in [0.5, 0.6) is 0 Å². The molecule has 0 saturated heterocycles. The van der Waals surface area contributed by atoms with Crippen LogP contribution >= 0.6 is 0 Å². The predicted octanol–water partition coefficient (Wildman–Crippen LogP) is 10.6. The van der Waals surface area contributed by atoms with Crippen molar-refractivity contribution in [3.8, 4) is 0 Å². The summed E-state index contributed by atoms with van der Waals surface area (Å²) in [5.41, 5.74) is 0. The van der Waals surface area contributed by atoms with Crippen molar-refractivity contribution in [1.82, 2.24) is 4.57 Å². The highest BCUT2D eigenvalue weighted by Crippen LogP contribution is 2.14. The summed E-state index contributed by atoms with van der Waals surface area (Å²) in [5.74, 6) is 0. The molecule has 0 saturated carbocycles. The molecule has 1 heterocycles. The summed E-state index contributed by atoms with van der Waals surface area (Å²) < 4.78 is 4.80.